The summed E-state index contributed by atoms with van der Waals surface area (Å²) in [4.78, 5) is 16.6. The Morgan fingerprint density at radius 3 is 2.59 bits per heavy atom. The van der Waals surface area contributed by atoms with E-state index in [4.69, 9.17) is 32.5 Å². The van der Waals surface area contributed by atoms with Crippen molar-refractivity contribution in [2.45, 2.75) is 27.4 Å². The SMILES string of the molecule is Cc1cccc(C)c1OCc1c(C(=O)Nc2ncc(Cl)cc2Cl)noc1C. The zero-order valence-corrected chi connectivity index (χ0v) is 16.5. The van der Waals surface area contributed by atoms with E-state index in [-0.39, 0.29) is 23.1 Å². The van der Waals surface area contributed by atoms with E-state index < -0.39 is 5.91 Å². The largest absolute Gasteiger partial charge is 0.488 e. The third-order valence-electron chi connectivity index (χ3n) is 4.01. The molecule has 0 saturated carbocycles. The minimum atomic E-state index is -0.497. The van der Waals surface area contributed by atoms with E-state index in [1.807, 2.05) is 32.0 Å². The molecule has 0 bridgehead atoms. The lowest BCUT2D eigenvalue weighted by Crippen LogP contribution is -2.16. The number of aryl methyl sites for hydroxylation is 3. The first kappa shape index (κ1) is 19.2. The fraction of sp³-hybridized carbons (Fsp3) is 0.211. The molecule has 1 N–H and O–H groups in total. The van der Waals surface area contributed by atoms with Gasteiger partial charge in [-0.1, -0.05) is 46.6 Å². The summed E-state index contributed by atoms with van der Waals surface area (Å²) in [7, 11) is 0. The normalized spacial score (nSPS) is 10.7. The molecule has 3 rings (SSSR count). The van der Waals surface area contributed by atoms with Gasteiger partial charge >= 0.3 is 0 Å². The molecule has 2 heterocycles. The number of nitrogens with one attached hydrogen (secondary N) is 1. The van der Waals surface area contributed by atoms with Gasteiger partial charge in [-0.25, -0.2) is 4.98 Å². The second kappa shape index (κ2) is 7.98. The van der Waals surface area contributed by atoms with E-state index in [1.165, 1.54) is 12.3 Å². The molecule has 0 atom stereocenters. The number of hydrogen-bond acceptors (Lipinski definition) is 5. The Morgan fingerprint density at radius 2 is 1.93 bits per heavy atom. The second-order valence-electron chi connectivity index (χ2n) is 6.01. The number of hydrogen-bond donors (Lipinski definition) is 1. The number of aromatic nitrogens is 2. The molecule has 8 heteroatoms. The molecular weight excluding hydrogens is 389 g/mol. The summed E-state index contributed by atoms with van der Waals surface area (Å²) in [6, 6.07) is 7.38. The molecular formula is C19H17Cl2N3O3. The second-order valence-corrected chi connectivity index (χ2v) is 6.86. The van der Waals surface area contributed by atoms with E-state index in [1.54, 1.807) is 6.92 Å². The van der Waals surface area contributed by atoms with Gasteiger partial charge in [-0.3, -0.25) is 4.79 Å². The van der Waals surface area contributed by atoms with Crippen LogP contribution < -0.4 is 10.1 Å². The summed E-state index contributed by atoms with van der Waals surface area (Å²) in [6.45, 7) is 5.79. The first-order valence-corrected chi connectivity index (χ1v) is 8.89. The van der Waals surface area contributed by atoms with E-state index in [2.05, 4.69) is 15.5 Å². The summed E-state index contributed by atoms with van der Waals surface area (Å²) >= 11 is 11.9. The van der Waals surface area contributed by atoms with Crippen molar-refractivity contribution in [2.75, 3.05) is 5.32 Å². The number of para-hydroxylation sites is 1. The summed E-state index contributed by atoms with van der Waals surface area (Å²) in [5, 5.41) is 7.06. The molecule has 2 aromatic heterocycles. The van der Waals surface area contributed by atoms with Gasteiger partial charge in [-0.05, 0) is 38.0 Å². The molecule has 3 aromatic rings. The minimum Gasteiger partial charge on any atom is -0.488 e. The summed E-state index contributed by atoms with van der Waals surface area (Å²) in [6.07, 6.45) is 1.39. The van der Waals surface area contributed by atoms with Crippen molar-refractivity contribution in [3.63, 3.8) is 0 Å². The predicted octanol–water partition coefficient (Wildman–Crippen LogP) is 5.13. The number of nitrogens with zero attached hydrogens (tertiary/aromatic N) is 2. The van der Waals surface area contributed by atoms with Crippen LogP contribution in [0.3, 0.4) is 0 Å². The van der Waals surface area contributed by atoms with Gasteiger partial charge in [0, 0.05) is 6.20 Å². The maximum atomic E-state index is 12.6. The van der Waals surface area contributed by atoms with Gasteiger partial charge in [0.25, 0.3) is 5.91 Å². The lowest BCUT2D eigenvalue weighted by molar-refractivity contribution is 0.101. The standard InChI is InChI=1S/C19H17Cl2N3O3/c1-10-5-4-6-11(2)17(10)26-9-14-12(3)27-24-16(14)19(25)23-18-15(21)7-13(20)8-22-18/h4-8H,9H2,1-3H3,(H,22,23,25). The highest BCUT2D eigenvalue weighted by Crippen LogP contribution is 2.26. The summed E-state index contributed by atoms with van der Waals surface area (Å²) < 4.78 is 11.1. The van der Waals surface area contributed by atoms with E-state index >= 15 is 0 Å². The Labute approximate surface area is 166 Å². The number of benzene rings is 1. The molecule has 0 radical (unpaired) electrons. The van der Waals surface area contributed by atoms with Crippen LogP contribution in [0.5, 0.6) is 5.75 Å². The van der Waals surface area contributed by atoms with Crippen LogP contribution >= 0.6 is 23.2 Å². The van der Waals surface area contributed by atoms with Crippen molar-refractivity contribution in [2.24, 2.45) is 0 Å². The summed E-state index contributed by atoms with van der Waals surface area (Å²) in [5.74, 6) is 0.963. The van der Waals surface area contributed by atoms with Crippen molar-refractivity contribution in [3.05, 3.63) is 68.7 Å². The van der Waals surface area contributed by atoms with Crippen LogP contribution in [0.25, 0.3) is 0 Å². The molecule has 27 heavy (non-hydrogen) atoms. The molecule has 1 amide bonds. The van der Waals surface area contributed by atoms with Gasteiger partial charge in [0.15, 0.2) is 11.5 Å². The smallest absolute Gasteiger partial charge is 0.279 e. The zero-order valence-electron chi connectivity index (χ0n) is 15.0. The molecule has 0 saturated heterocycles. The fourth-order valence-corrected chi connectivity index (χ4v) is 3.01. The van der Waals surface area contributed by atoms with Crippen LogP contribution in [0.4, 0.5) is 5.82 Å². The number of carbonyl (C=O) groups is 1. The number of halogens is 2. The lowest BCUT2D eigenvalue weighted by Gasteiger charge is -2.12. The monoisotopic (exact) mass is 405 g/mol. The van der Waals surface area contributed by atoms with Crippen molar-refractivity contribution >= 4 is 34.9 Å². The third kappa shape index (κ3) is 4.23. The Morgan fingerprint density at radius 1 is 1.22 bits per heavy atom. The van der Waals surface area contributed by atoms with Crippen LogP contribution in [-0.2, 0) is 6.61 Å². The van der Waals surface area contributed by atoms with Crippen molar-refractivity contribution in [1.29, 1.82) is 0 Å². The average Bonchev–Trinajstić information content (AvgIpc) is 2.98. The molecule has 0 aliphatic rings. The zero-order chi connectivity index (χ0) is 19.6. The van der Waals surface area contributed by atoms with Gasteiger partial charge in [-0.15, -0.1) is 0 Å². The molecule has 0 aliphatic carbocycles. The predicted molar refractivity (Wildman–Crippen MR) is 104 cm³/mol. The first-order chi connectivity index (χ1) is 12.9. The molecule has 140 valence electrons. The number of pyridine rings is 1. The van der Waals surface area contributed by atoms with Crippen molar-refractivity contribution in [1.82, 2.24) is 10.1 Å². The topological polar surface area (TPSA) is 77.2 Å². The van der Waals surface area contributed by atoms with Crippen LogP contribution in [0.2, 0.25) is 10.0 Å². The van der Waals surface area contributed by atoms with Gasteiger partial charge in [0.2, 0.25) is 0 Å². The number of ether oxygens (including phenoxy) is 1. The van der Waals surface area contributed by atoms with Crippen molar-refractivity contribution < 1.29 is 14.1 Å². The van der Waals surface area contributed by atoms with Gasteiger partial charge in [0.1, 0.15) is 18.1 Å². The fourth-order valence-electron chi connectivity index (χ4n) is 2.58. The van der Waals surface area contributed by atoms with Gasteiger partial charge in [-0.2, -0.15) is 0 Å². The molecule has 6 nitrogen and oxygen atoms in total. The maximum absolute atomic E-state index is 12.6. The highest BCUT2D eigenvalue weighted by Gasteiger charge is 2.22. The average molecular weight is 406 g/mol. The number of amides is 1. The minimum absolute atomic E-state index is 0.117. The van der Waals surface area contributed by atoms with Gasteiger partial charge < -0.3 is 14.6 Å². The number of rotatable bonds is 5. The Kier molecular flexibility index (Phi) is 5.68. The lowest BCUT2D eigenvalue weighted by atomic mass is 10.1. The van der Waals surface area contributed by atoms with Crippen molar-refractivity contribution in [3.8, 4) is 5.75 Å². The molecule has 0 aliphatic heterocycles. The van der Waals surface area contributed by atoms with Crippen LogP contribution in [0, 0.1) is 20.8 Å². The molecule has 0 spiro atoms. The van der Waals surface area contributed by atoms with Gasteiger partial charge in [0.05, 0.1) is 15.6 Å². The number of anilines is 1. The van der Waals surface area contributed by atoms with E-state index in [9.17, 15) is 4.79 Å². The maximum Gasteiger partial charge on any atom is 0.279 e. The Bertz CT molecular complexity index is 982. The highest BCUT2D eigenvalue weighted by atomic mass is 35.5. The first-order valence-electron chi connectivity index (χ1n) is 8.13. The van der Waals surface area contributed by atoms with E-state index in [0.717, 1.165) is 16.9 Å². The van der Waals surface area contributed by atoms with E-state index in [0.29, 0.717) is 16.3 Å². The molecule has 0 unspecified atom stereocenters. The number of carbonyl (C=O) groups excluding carboxylic acids is 1. The quantitative estimate of drug-likeness (QED) is 0.636. The molecule has 1 aromatic carbocycles. The van der Waals surface area contributed by atoms with Crippen LogP contribution in [-0.4, -0.2) is 16.0 Å². The summed E-state index contributed by atoms with van der Waals surface area (Å²) in [5.41, 5.74) is 2.69. The molecule has 0 fully saturated rings. The Hall–Kier alpha value is -2.57. The highest BCUT2D eigenvalue weighted by molar-refractivity contribution is 6.36. The third-order valence-corrected chi connectivity index (χ3v) is 4.50. The van der Waals surface area contributed by atoms with Crippen LogP contribution in [0.15, 0.2) is 35.0 Å². The Balaban J connectivity index is 1.80. The van der Waals surface area contributed by atoms with Crippen LogP contribution in [0.1, 0.15) is 32.9 Å².